The van der Waals surface area contributed by atoms with Crippen LogP contribution in [0.2, 0.25) is 0 Å². The third-order valence-corrected chi connectivity index (χ3v) is 7.77. The molecule has 4 heteroatoms. The zero-order valence-electron chi connectivity index (χ0n) is 23.9. The Kier molecular flexibility index (Phi) is 8.91. The van der Waals surface area contributed by atoms with Gasteiger partial charge in [-0.15, -0.1) is 0 Å². The van der Waals surface area contributed by atoms with Gasteiger partial charge in [-0.05, 0) is 73.9 Å². The summed E-state index contributed by atoms with van der Waals surface area (Å²) < 4.78 is 13.2. The number of nitrogens with zero attached hydrogens (tertiary/aromatic N) is 2. The Morgan fingerprint density at radius 2 is 1.70 bits per heavy atom. The van der Waals surface area contributed by atoms with Crippen LogP contribution in [0.4, 0.5) is 0 Å². The minimum Gasteiger partial charge on any atom is -0.488 e. The molecule has 0 aliphatic carbocycles. The molecule has 1 fully saturated rings. The van der Waals surface area contributed by atoms with Gasteiger partial charge in [0.15, 0.2) is 0 Å². The Morgan fingerprint density at radius 3 is 2.32 bits per heavy atom. The molecule has 1 aliphatic heterocycles. The first-order valence-corrected chi connectivity index (χ1v) is 14.1. The summed E-state index contributed by atoms with van der Waals surface area (Å²) in [7, 11) is 0. The highest BCUT2D eigenvalue weighted by Gasteiger charge is 2.25. The van der Waals surface area contributed by atoms with E-state index in [-0.39, 0.29) is 6.10 Å². The zero-order chi connectivity index (χ0) is 26.5. The third-order valence-electron chi connectivity index (χ3n) is 7.77. The van der Waals surface area contributed by atoms with Gasteiger partial charge in [0.05, 0.1) is 11.3 Å². The number of ether oxygens (including phenoxy) is 2. The molecule has 1 saturated heterocycles. The van der Waals surface area contributed by atoms with E-state index in [2.05, 4.69) is 95.8 Å². The summed E-state index contributed by atoms with van der Waals surface area (Å²) in [5.74, 6) is 2.30. The molecule has 2 aromatic carbocycles. The number of likely N-dealkylation sites (N-methyl/N-ethyl adjacent to an activating group) is 1. The van der Waals surface area contributed by atoms with E-state index in [9.17, 15) is 0 Å². The van der Waals surface area contributed by atoms with Crippen molar-refractivity contribution in [3.05, 3.63) is 76.0 Å². The quantitative estimate of drug-likeness (QED) is 0.286. The second-order valence-electron chi connectivity index (χ2n) is 10.6. The predicted molar refractivity (Wildman–Crippen MR) is 154 cm³/mol. The molecule has 2 heterocycles. The van der Waals surface area contributed by atoms with Crippen LogP contribution in [0.1, 0.15) is 80.5 Å². The molecule has 0 bridgehead atoms. The fourth-order valence-corrected chi connectivity index (χ4v) is 5.29. The van der Waals surface area contributed by atoms with Crippen LogP contribution in [-0.2, 0) is 19.4 Å². The van der Waals surface area contributed by atoms with Crippen LogP contribution in [-0.4, -0.2) is 35.6 Å². The molecular weight excluding hydrogens is 456 g/mol. The second-order valence-corrected chi connectivity index (χ2v) is 10.6. The molecule has 1 unspecified atom stereocenters. The van der Waals surface area contributed by atoms with Crippen molar-refractivity contribution in [3.8, 4) is 22.8 Å². The van der Waals surface area contributed by atoms with E-state index in [1.165, 1.54) is 22.3 Å². The van der Waals surface area contributed by atoms with Crippen LogP contribution >= 0.6 is 0 Å². The average Bonchev–Trinajstić information content (AvgIpc) is 3.35. The van der Waals surface area contributed by atoms with Gasteiger partial charge in [-0.3, -0.25) is 9.88 Å². The third kappa shape index (κ3) is 6.18. The van der Waals surface area contributed by atoms with Crippen molar-refractivity contribution in [2.75, 3.05) is 19.6 Å². The standard InChI is InChI=1S/C33H44N2O2/c1-8-25-12-11-13-26(9-2)33(25)30-19-32(37-28-16-17-35(10-3)20-28)29(24(7)34-30)21-36-31-18-27(22(4)5)15-14-23(31)6/h11-15,18-19,22,28H,8-10,16-17,20-21H2,1-7H3. The summed E-state index contributed by atoms with van der Waals surface area (Å²) in [5.41, 5.74) is 9.39. The maximum absolute atomic E-state index is 6.75. The van der Waals surface area contributed by atoms with Crippen LogP contribution in [0.25, 0.3) is 11.3 Å². The monoisotopic (exact) mass is 500 g/mol. The van der Waals surface area contributed by atoms with E-state index < -0.39 is 0 Å². The van der Waals surface area contributed by atoms with Crippen LogP contribution in [0.5, 0.6) is 11.5 Å². The van der Waals surface area contributed by atoms with Crippen molar-refractivity contribution in [2.45, 2.75) is 86.4 Å². The van der Waals surface area contributed by atoms with Gasteiger partial charge in [0.1, 0.15) is 24.2 Å². The highest BCUT2D eigenvalue weighted by molar-refractivity contribution is 5.70. The van der Waals surface area contributed by atoms with E-state index in [4.69, 9.17) is 14.5 Å². The lowest BCUT2D eigenvalue weighted by atomic mass is 9.94. The molecular formula is C33H44N2O2. The molecule has 0 radical (unpaired) electrons. The fourth-order valence-electron chi connectivity index (χ4n) is 5.29. The van der Waals surface area contributed by atoms with Crippen molar-refractivity contribution in [2.24, 2.45) is 0 Å². The number of likely N-dealkylation sites (tertiary alicyclic amines) is 1. The molecule has 0 spiro atoms. The molecule has 1 atom stereocenters. The Labute approximate surface area is 224 Å². The number of hydrogen-bond donors (Lipinski definition) is 0. The summed E-state index contributed by atoms with van der Waals surface area (Å²) in [6.45, 7) is 18.8. The predicted octanol–water partition coefficient (Wildman–Crippen LogP) is 7.67. The van der Waals surface area contributed by atoms with E-state index in [1.807, 2.05) is 0 Å². The van der Waals surface area contributed by atoms with Crippen molar-refractivity contribution >= 4 is 0 Å². The van der Waals surface area contributed by atoms with Gasteiger partial charge < -0.3 is 9.47 Å². The van der Waals surface area contributed by atoms with Crippen molar-refractivity contribution in [1.82, 2.24) is 9.88 Å². The fraction of sp³-hybridized carbons (Fsp3) is 0.485. The summed E-state index contributed by atoms with van der Waals surface area (Å²) >= 11 is 0. The Hall–Kier alpha value is -2.85. The molecule has 198 valence electrons. The van der Waals surface area contributed by atoms with Crippen molar-refractivity contribution in [3.63, 3.8) is 0 Å². The second kappa shape index (κ2) is 12.1. The maximum atomic E-state index is 6.75. The molecule has 1 aromatic heterocycles. The lowest BCUT2D eigenvalue weighted by Crippen LogP contribution is -2.25. The van der Waals surface area contributed by atoms with E-state index in [0.29, 0.717) is 12.5 Å². The van der Waals surface area contributed by atoms with Gasteiger partial charge in [-0.2, -0.15) is 0 Å². The number of rotatable bonds is 10. The molecule has 0 N–H and O–H groups in total. The van der Waals surface area contributed by atoms with E-state index in [1.54, 1.807) is 0 Å². The van der Waals surface area contributed by atoms with Crippen LogP contribution in [0.15, 0.2) is 42.5 Å². The number of pyridine rings is 1. The van der Waals surface area contributed by atoms with Crippen molar-refractivity contribution < 1.29 is 9.47 Å². The summed E-state index contributed by atoms with van der Waals surface area (Å²) in [6, 6.07) is 15.3. The topological polar surface area (TPSA) is 34.6 Å². The minimum atomic E-state index is 0.186. The van der Waals surface area contributed by atoms with Crippen molar-refractivity contribution in [1.29, 1.82) is 0 Å². The Balaban J connectivity index is 1.73. The number of aromatic nitrogens is 1. The smallest absolute Gasteiger partial charge is 0.130 e. The first-order valence-electron chi connectivity index (χ1n) is 14.1. The summed E-state index contributed by atoms with van der Waals surface area (Å²) in [4.78, 5) is 7.59. The van der Waals surface area contributed by atoms with E-state index in [0.717, 1.165) is 72.9 Å². The van der Waals surface area contributed by atoms with Gasteiger partial charge in [-0.1, -0.05) is 65.0 Å². The first-order chi connectivity index (χ1) is 17.8. The normalized spacial score (nSPS) is 15.9. The zero-order valence-corrected chi connectivity index (χ0v) is 23.9. The van der Waals surface area contributed by atoms with Gasteiger partial charge in [0, 0.05) is 30.4 Å². The van der Waals surface area contributed by atoms with E-state index >= 15 is 0 Å². The molecule has 3 aromatic rings. The van der Waals surface area contributed by atoms with Crippen LogP contribution in [0, 0.1) is 13.8 Å². The lowest BCUT2D eigenvalue weighted by Gasteiger charge is -2.22. The molecule has 4 rings (SSSR count). The average molecular weight is 501 g/mol. The number of hydrogen-bond acceptors (Lipinski definition) is 4. The highest BCUT2D eigenvalue weighted by atomic mass is 16.5. The minimum absolute atomic E-state index is 0.186. The molecule has 37 heavy (non-hydrogen) atoms. The van der Waals surface area contributed by atoms with Gasteiger partial charge in [0.2, 0.25) is 0 Å². The molecule has 0 saturated carbocycles. The molecule has 1 aliphatic rings. The maximum Gasteiger partial charge on any atom is 0.130 e. The highest BCUT2D eigenvalue weighted by Crippen LogP contribution is 2.35. The number of aryl methyl sites for hydroxylation is 4. The van der Waals surface area contributed by atoms with Gasteiger partial charge in [-0.25, -0.2) is 0 Å². The Bertz CT molecular complexity index is 1190. The lowest BCUT2D eigenvalue weighted by molar-refractivity contribution is 0.195. The largest absolute Gasteiger partial charge is 0.488 e. The Morgan fingerprint density at radius 1 is 0.973 bits per heavy atom. The van der Waals surface area contributed by atoms with Crippen LogP contribution < -0.4 is 9.47 Å². The molecule has 0 amide bonds. The number of benzene rings is 2. The molecule has 4 nitrogen and oxygen atoms in total. The van der Waals surface area contributed by atoms with Gasteiger partial charge >= 0.3 is 0 Å². The van der Waals surface area contributed by atoms with Gasteiger partial charge in [0.25, 0.3) is 0 Å². The summed E-state index contributed by atoms with van der Waals surface area (Å²) in [6.07, 6.45) is 3.19. The summed E-state index contributed by atoms with van der Waals surface area (Å²) in [5, 5.41) is 0. The van der Waals surface area contributed by atoms with Crippen LogP contribution in [0.3, 0.4) is 0 Å². The SMILES string of the molecule is CCc1cccc(CC)c1-c1cc(OC2CCN(CC)C2)c(COc2cc(C(C)C)ccc2C)c(C)n1. The first kappa shape index (κ1) is 27.2.